The van der Waals surface area contributed by atoms with Crippen LogP contribution in [0.4, 0.5) is 0 Å². The first-order valence-corrected chi connectivity index (χ1v) is 8.52. The molecule has 3 N–H and O–H groups in total. The molecule has 0 atom stereocenters. The van der Waals surface area contributed by atoms with Crippen LogP contribution >= 0.6 is 12.2 Å². The highest BCUT2D eigenvalue weighted by molar-refractivity contribution is 7.80. The van der Waals surface area contributed by atoms with Gasteiger partial charge < -0.3 is 5.32 Å². The van der Waals surface area contributed by atoms with Crippen LogP contribution < -0.4 is 16.2 Å². The minimum atomic E-state index is -0.227. The Morgan fingerprint density at radius 2 is 1.88 bits per heavy atom. The van der Waals surface area contributed by atoms with Crippen molar-refractivity contribution in [1.29, 1.82) is 0 Å². The second-order valence-corrected chi connectivity index (χ2v) is 6.37. The van der Waals surface area contributed by atoms with Crippen molar-refractivity contribution in [2.24, 2.45) is 0 Å². The molecular formula is C17H21N5OS. The molecule has 6 nitrogen and oxygen atoms in total. The summed E-state index contributed by atoms with van der Waals surface area (Å²) in [7, 11) is 0. The summed E-state index contributed by atoms with van der Waals surface area (Å²) >= 11 is 5.20. The molecule has 1 heterocycles. The zero-order chi connectivity index (χ0) is 16.9. The highest BCUT2D eigenvalue weighted by atomic mass is 32.1. The second kappa shape index (κ2) is 7.44. The molecule has 3 rings (SSSR count). The third kappa shape index (κ3) is 3.91. The molecule has 0 spiro atoms. The second-order valence-electron chi connectivity index (χ2n) is 5.97. The molecule has 0 unspecified atom stereocenters. The van der Waals surface area contributed by atoms with Gasteiger partial charge in [-0.05, 0) is 62.3 Å². The molecule has 1 amide bonds. The van der Waals surface area contributed by atoms with Crippen LogP contribution in [0.1, 0.15) is 41.7 Å². The van der Waals surface area contributed by atoms with Crippen molar-refractivity contribution in [2.75, 3.05) is 0 Å². The van der Waals surface area contributed by atoms with Gasteiger partial charge in [-0.1, -0.05) is 12.8 Å². The zero-order valence-corrected chi connectivity index (χ0v) is 14.4. The van der Waals surface area contributed by atoms with Gasteiger partial charge in [-0.3, -0.25) is 15.6 Å². The van der Waals surface area contributed by atoms with Gasteiger partial charge in [0.2, 0.25) is 0 Å². The van der Waals surface area contributed by atoms with E-state index in [1.54, 1.807) is 18.3 Å². The molecule has 0 saturated heterocycles. The van der Waals surface area contributed by atoms with Crippen LogP contribution in [0.2, 0.25) is 0 Å². The Morgan fingerprint density at radius 3 is 2.50 bits per heavy atom. The van der Waals surface area contributed by atoms with E-state index in [0.29, 0.717) is 16.7 Å². The molecule has 0 aliphatic heterocycles. The Morgan fingerprint density at radius 1 is 1.17 bits per heavy atom. The number of aromatic nitrogens is 2. The van der Waals surface area contributed by atoms with E-state index in [1.165, 1.54) is 12.8 Å². The Balaban J connectivity index is 1.53. The van der Waals surface area contributed by atoms with Crippen LogP contribution in [-0.2, 0) is 0 Å². The zero-order valence-electron chi connectivity index (χ0n) is 13.6. The van der Waals surface area contributed by atoms with Crippen molar-refractivity contribution in [1.82, 2.24) is 25.9 Å². The number of hydrogen-bond donors (Lipinski definition) is 3. The number of hydrazine groups is 1. The molecule has 1 aromatic carbocycles. The van der Waals surface area contributed by atoms with Gasteiger partial charge in [0.15, 0.2) is 5.11 Å². The van der Waals surface area contributed by atoms with Crippen molar-refractivity contribution in [3.05, 3.63) is 47.8 Å². The summed E-state index contributed by atoms with van der Waals surface area (Å²) in [5.41, 5.74) is 7.90. The molecular weight excluding hydrogens is 322 g/mol. The summed E-state index contributed by atoms with van der Waals surface area (Å²) in [6.45, 7) is 1.98. The average molecular weight is 343 g/mol. The molecule has 0 radical (unpaired) electrons. The summed E-state index contributed by atoms with van der Waals surface area (Å²) in [5.74, 6) is -0.227. The Labute approximate surface area is 146 Å². The summed E-state index contributed by atoms with van der Waals surface area (Å²) in [6, 6.07) is 9.61. The highest BCUT2D eigenvalue weighted by Gasteiger charge is 2.15. The SMILES string of the molecule is Cc1ccnn1-c1ccc(C(=O)NNC(=S)NC2CCCC2)cc1. The van der Waals surface area contributed by atoms with Crippen LogP contribution in [0.5, 0.6) is 0 Å². The van der Waals surface area contributed by atoms with E-state index in [-0.39, 0.29) is 5.91 Å². The average Bonchev–Trinajstić information content (AvgIpc) is 3.24. The first-order chi connectivity index (χ1) is 11.6. The molecule has 1 aromatic heterocycles. The number of carbonyl (C=O) groups is 1. The lowest BCUT2D eigenvalue weighted by molar-refractivity contribution is 0.0943. The maximum absolute atomic E-state index is 12.2. The fourth-order valence-electron chi connectivity index (χ4n) is 2.87. The van der Waals surface area contributed by atoms with Gasteiger partial charge in [-0.15, -0.1) is 0 Å². The number of nitrogens with one attached hydrogen (secondary N) is 3. The molecule has 126 valence electrons. The number of rotatable bonds is 3. The highest BCUT2D eigenvalue weighted by Crippen LogP contribution is 2.17. The number of carbonyl (C=O) groups excluding carboxylic acids is 1. The Hall–Kier alpha value is -2.41. The first-order valence-electron chi connectivity index (χ1n) is 8.11. The van der Waals surface area contributed by atoms with Crippen LogP contribution in [0.3, 0.4) is 0 Å². The Kier molecular flexibility index (Phi) is 5.10. The van der Waals surface area contributed by atoms with Gasteiger partial charge in [0, 0.05) is 23.5 Å². The van der Waals surface area contributed by atoms with E-state index < -0.39 is 0 Å². The predicted octanol–water partition coefficient (Wildman–Crippen LogP) is 2.23. The summed E-state index contributed by atoms with van der Waals surface area (Å²) in [5, 5.41) is 7.92. The van der Waals surface area contributed by atoms with Crippen molar-refractivity contribution in [3.8, 4) is 5.69 Å². The number of amides is 1. The van der Waals surface area contributed by atoms with Crippen molar-refractivity contribution >= 4 is 23.2 Å². The molecule has 7 heteroatoms. The Bertz CT molecular complexity index is 719. The lowest BCUT2D eigenvalue weighted by Crippen LogP contribution is -2.49. The van der Waals surface area contributed by atoms with Crippen LogP contribution in [0.15, 0.2) is 36.5 Å². The van der Waals surface area contributed by atoms with E-state index in [9.17, 15) is 4.79 Å². The van der Waals surface area contributed by atoms with Crippen LogP contribution in [0, 0.1) is 6.92 Å². The summed E-state index contributed by atoms with van der Waals surface area (Å²) < 4.78 is 1.82. The number of thiocarbonyl (C=S) groups is 1. The van der Waals surface area contributed by atoms with E-state index >= 15 is 0 Å². The third-order valence-electron chi connectivity index (χ3n) is 4.19. The lowest BCUT2D eigenvalue weighted by atomic mass is 10.2. The standard InChI is InChI=1S/C17H21N5OS/c1-12-10-11-18-22(12)15-8-6-13(7-9-15)16(23)20-21-17(24)19-14-4-2-3-5-14/h6-11,14H,2-5H2,1H3,(H,20,23)(H2,19,21,24). The van der Waals surface area contributed by atoms with Gasteiger partial charge in [-0.25, -0.2) is 4.68 Å². The van der Waals surface area contributed by atoms with E-state index in [4.69, 9.17) is 12.2 Å². The molecule has 0 bridgehead atoms. The van der Waals surface area contributed by atoms with Gasteiger partial charge in [0.25, 0.3) is 5.91 Å². The number of hydrogen-bond acceptors (Lipinski definition) is 3. The summed E-state index contributed by atoms with van der Waals surface area (Å²) in [6.07, 6.45) is 6.47. The van der Waals surface area contributed by atoms with E-state index in [2.05, 4.69) is 21.3 Å². The van der Waals surface area contributed by atoms with E-state index in [1.807, 2.05) is 29.8 Å². The largest absolute Gasteiger partial charge is 0.359 e. The number of aryl methyl sites for hydroxylation is 1. The van der Waals surface area contributed by atoms with Gasteiger partial charge in [0.05, 0.1) is 5.69 Å². The maximum Gasteiger partial charge on any atom is 0.269 e. The smallest absolute Gasteiger partial charge is 0.269 e. The number of nitrogens with zero attached hydrogens (tertiary/aromatic N) is 2. The third-order valence-corrected chi connectivity index (χ3v) is 4.41. The van der Waals surface area contributed by atoms with Crippen molar-refractivity contribution in [2.45, 2.75) is 38.6 Å². The quantitative estimate of drug-likeness (QED) is 0.589. The molecule has 2 aromatic rings. The number of benzene rings is 1. The molecule has 1 aliphatic rings. The normalized spacial score (nSPS) is 14.4. The molecule has 24 heavy (non-hydrogen) atoms. The van der Waals surface area contributed by atoms with Gasteiger partial charge in [0.1, 0.15) is 0 Å². The first kappa shape index (κ1) is 16.4. The van der Waals surface area contributed by atoms with Crippen molar-refractivity contribution in [3.63, 3.8) is 0 Å². The lowest BCUT2D eigenvalue weighted by Gasteiger charge is -2.16. The maximum atomic E-state index is 12.2. The minimum absolute atomic E-state index is 0.227. The fourth-order valence-corrected chi connectivity index (χ4v) is 3.09. The summed E-state index contributed by atoms with van der Waals surface area (Å²) in [4.78, 5) is 12.2. The van der Waals surface area contributed by atoms with Gasteiger partial charge in [-0.2, -0.15) is 5.10 Å². The topological polar surface area (TPSA) is 71.0 Å². The van der Waals surface area contributed by atoms with Crippen molar-refractivity contribution < 1.29 is 4.79 Å². The fraction of sp³-hybridized carbons (Fsp3) is 0.353. The van der Waals surface area contributed by atoms with Crippen LogP contribution in [-0.4, -0.2) is 26.8 Å². The monoisotopic (exact) mass is 343 g/mol. The predicted molar refractivity (Wildman–Crippen MR) is 96.9 cm³/mol. The van der Waals surface area contributed by atoms with Gasteiger partial charge >= 0.3 is 0 Å². The molecule has 1 saturated carbocycles. The van der Waals surface area contributed by atoms with Crippen LogP contribution in [0.25, 0.3) is 5.69 Å². The van der Waals surface area contributed by atoms with E-state index in [0.717, 1.165) is 24.2 Å². The molecule has 1 aliphatic carbocycles. The minimum Gasteiger partial charge on any atom is -0.359 e. The molecule has 1 fully saturated rings.